The highest BCUT2D eigenvalue weighted by atomic mass is 19.3. The first-order valence-electron chi connectivity index (χ1n) is 15.0. The summed E-state index contributed by atoms with van der Waals surface area (Å²) >= 11 is 0. The lowest BCUT2D eigenvalue weighted by Crippen LogP contribution is -2.63. The summed E-state index contributed by atoms with van der Waals surface area (Å²) in [5, 5.41) is 10.7. The molecule has 2 N–H and O–H groups in total. The van der Waals surface area contributed by atoms with Gasteiger partial charge in [0.2, 0.25) is 5.91 Å². The molecule has 8 nitrogen and oxygen atoms in total. The number of oxime groups is 1. The number of allylic oxidation sites excluding steroid dienone is 1. The van der Waals surface area contributed by atoms with E-state index in [-0.39, 0.29) is 29.5 Å². The van der Waals surface area contributed by atoms with Gasteiger partial charge in [-0.25, -0.2) is 8.78 Å². The molecule has 4 rings (SSSR count). The lowest BCUT2D eigenvalue weighted by molar-refractivity contribution is -0.174. The zero-order valence-electron chi connectivity index (χ0n) is 25.0. The van der Waals surface area contributed by atoms with E-state index in [2.05, 4.69) is 22.4 Å². The number of nitrogens with one attached hydrogen (secondary N) is 2. The van der Waals surface area contributed by atoms with Gasteiger partial charge in [-0.2, -0.15) is 0 Å². The Labute approximate surface area is 247 Å². The lowest BCUT2D eigenvalue weighted by Gasteiger charge is -2.46. The summed E-state index contributed by atoms with van der Waals surface area (Å²) in [4.78, 5) is 33.1. The van der Waals surface area contributed by atoms with Crippen LogP contribution in [-0.4, -0.2) is 67.8 Å². The molecule has 0 aromatic heterocycles. The smallest absolute Gasteiger partial charge is 0.282 e. The normalized spacial score (nSPS) is 21.6. The minimum Gasteiger partial charge on any atom is -0.398 e. The number of anilines is 1. The average Bonchev–Trinajstić information content (AvgIpc) is 3.00. The van der Waals surface area contributed by atoms with Gasteiger partial charge in [0, 0.05) is 24.6 Å². The molecule has 1 aliphatic carbocycles. The van der Waals surface area contributed by atoms with Gasteiger partial charge in [0.15, 0.2) is 5.71 Å². The van der Waals surface area contributed by atoms with E-state index in [1.165, 1.54) is 18.4 Å². The minimum absolute atomic E-state index is 0.187. The number of hydrogen-bond acceptors (Lipinski definition) is 6. The van der Waals surface area contributed by atoms with Gasteiger partial charge in [0.25, 0.3) is 11.8 Å². The van der Waals surface area contributed by atoms with Crippen LogP contribution in [0.4, 0.5) is 14.5 Å². The first-order valence-corrected chi connectivity index (χ1v) is 15.0. The summed E-state index contributed by atoms with van der Waals surface area (Å²) < 4.78 is 32.7. The molecule has 10 heteroatoms. The molecular formula is C32H44F2N4O4. The number of carbonyl (C=O) groups is 2. The Hall–Kier alpha value is -3.27. The summed E-state index contributed by atoms with van der Waals surface area (Å²) in [5.41, 5.74) is 2.37. The number of benzene rings is 1. The number of ether oxygens (including phenoxy) is 1. The molecule has 1 unspecified atom stereocenters. The SMILES string of the molecule is C=C(CC)/C(=N\OC)C(=O)NC(/C(=C/C)Nc1ccc(C2(C(=O)N3CC(F)(F)C3)CCOCC2)cc1)C1CCCCC1. The zero-order valence-corrected chi connectivity index (χ0v) is 25.0. The van der Waals surface area contributed by atoms with Gasteiger partial charge in [0.1, 0.15) is 7.11 Å². The van der Waals surface area contributed by atoms with Crippen LogP contribution in [0.25, 0.3) is 0 Å². The highest BCUT2D eigenvalue weighted by molar-refractivity contribution is 6.45. The molecule has 1 aromatic rings. The Kier molecular flexibility index (Phi) is 10.4. The molecule has 3 aliphatic rings. The molecule has 1 aromatic carbocycles. The van der Waals surface area contributed by atoms with Crippen LogP contribution in [0.2, 0.25) is 0 Å². The van der Waals surface area contributed by atoms with E-state index in [0.717, 1.165) is 42.6 Å². The Morgan fingerprint density at radius 1 is 1.17 bits per heavy atom. The molecule has 1 atom stereocenters. The topological polar surface area (TPSA) is 92.3 Å². The number of amides is 2. The number of carbonyl (C=O) groups excluding carboxylic acids is 2. The predicted octanol–water partition coefficient (Wildman–Crippen LogP) is 5.56. The van der Waals surface area contributed by atoms with Crippen LogP contribution in [0.3, 0.4) is 0 Å². The molecule has 0 radical (unpaired) electrons. The predicted molar refractivity (Wildman–Crippen MR) is 159 cm³/mol. The fourth-order valence-electron chi connectivity index (χ4n) is 6.32. The molecule has 42 heavy (non-hydrogen) atoms. The fourth-order valence-corrected chi connectivity index (χ4v) is 6.32. The quantitative estimate of drug-likeness (QED) is 0.262. The third-order valence-electron chi connectivity index (χ3n) is 8.83. The maximum absolute atomic E-state index is 13.6. The Bertz CT molecular complexity index is 1180. The van der Waals surface area contributed by atoms with Crippen molar-refractivity contribution in [2.45, 2.75) is 82.6 Å². The van der Waals surface area contributed by atoms with Crippen molar-refractivity contribution in [3.63, 3.8) is 0 Å². The molecule has 0 spiro atoms. The molecular weight excluding hydrogens is 542 g/mol. The standard InChI is InChI=1S/C32H44F2N4O4/c1-5-22(3)27(37-41-4)29(39)36-28(23-10-8-7-9-11-23)26(6-2)35-25-14-12-24(13-15-25)31(16-18-42-19-17-31)30(40)38-20-32(33,34)21-38/h6,12-15,23,28,35H,3,5,7-11,16-21H2,1-2,4H3,(H,36,39)/b26-6-,37-27+. The van der Waals surface area contributed by atoms with Crippen molar-refractivity contribution in [3.8, 4) is 0 Å². The van der Waals surface area contributed by atoms with Crippen molar-refractivity contribution in [1.82, 2.24) is 10.2 Å². The van der Waals surface area contributed by atoms with Gasteiger partial charge in [0.05, 0.1) is 24.5 Å². The Morgan fingerprint density at radius 3 is 2.36 bits per heavy atom. The van der Waals surface area contributed by atoms with E-state index >= 15 is 0 Å². The highest BCUT2D eigenvalue weighted by Gasteiger charge is 2.53. The second-order valence-corrected chi connectivity index (χ2v) is 11.6. The van der Waals surface area contributed by atoms with Crippen molar-refractivity contribution in [1.29, 1.82) is 0 Å². The van der Waals surface area contributed by atoms with E-state index in [0.29, 0.717) is 38.0 Å². The maximum atomic E-state index is 13.6. The van der Waals surface area contributed by atoms with Crippen LogP contribution in [0, 0.1) is 5.92 Å². The maximum Gasteiger partial charge on any atom is 0.282 e. The van der Waals surface area contributed by atoms with Crippen LogP contribution in [0.1, 0.15) is 70.8 Å². The van der Waals surface area contributed by atoms with E-state index in [4.69, 9.17) is 9.57 Å². The largest absolute Gasteiger partial charge is 0.398 e. The number of rotatable bonds is 11. The molecule has 3 fully saturated rings. The minimum atomic E-state index is -2.82. The molecule has 2 saturated heterocycles. The van der Waals surface area contributed by atoms with E-state index in [1.807, 2.05) is 44.2 Å². The van der Waals surface area contributed by atoms with Crippen LogP contribution in [0.5, 0.6) is 0 Å². The van der Waals surface area contributed by atoms with Crippen molar-refractivity contribution >= 4 is 23.2 Å². The summed E-state index contributed by atoms with van der Waals surface area (Å²) in [5.74, 6) is -3.15. The van der Waals surface area contributed by atoms with Gasteiger partial charge in [-0.15, -0.1) is 0 Å². The van der Waals surface area contributed by atoms with Crippen molar-refractivity contribution in [3.05, 3.63) is 53.8 Å². The molecule has 2 amide bonds. The second-order valence-electron chi connectivity index (χ2n) is 11.6. The summed E-state index contributed by atoms with van der Waals surface area (Å²) in [6.45, 7) is 7.58. The second kappa shape index (κ2) is 13.8. The van der Waals surface area contributed by atoms with Crippen LogP contribution in [0.15, 0.2) is 53.3 Å². The first-order chi connectivity index (χ1) is 20.1. The Balaban J connectivity index is 1.55. The van der Waals surface area contributed by atoms with Gasteiger partial charge < -0.3 is 25.1 Å². The van der Waals surface area contributed by atoms with E-state index in [9.17, 15) is 18.4 Å². The number of hydrogen-bond donors (Lipinski definition) is 2. The average molecular weight is 587 g/mol. The monoisotopic (exact) mass is 586 g/mol. The molecule has 0 bridgehead atoms. The molecule has 1 saturated carbocycles. The Morgan fingerprint density at radius 2 is 1.81 bits per heavy atom. The number of alkyl halides is 2. The third kappa shape index (κ3) is 7.02. The molecule has 230 valence electrons. The fraction of sp³-hybridized carbons (Fsp3) is 0.594. The third-order valence-corrected chi connectivity index (χ3v) is 8.83. The van der Waals surface area contributed by atoms with E-state index in [1.54, 1.807) is 0 Å². The zero-order chi connectivity index (χ0) is 30.3. The molecule has 2 aliphatic heterocycles. The van der Waals surface area contributed by atoms with Crippen molar-refractivity contribution in [2.24, 2.45) is 11.1 Å². The number of likely N-dealkylation sites (tertiary alicyclic amines) is 1. The lowest BCUT2D eigenvalue weighted by atomic mass is 9.72. The van der Waals surface area contributed by atoms with Gasteiger partial charge in [-0.3, -0.25) is 9.59 Å². The van der Waals surface area contributed by atoms with Crippen LogP contribution in [-0.2, 0) is 24.6 Å². The van der Waals surface area contributed by atoms with Gasteiger partial charge in [-0.05, 0) is 68.2 Å². The summed E-state index contributed by atoms with van der Waals surface area (Å²) in [6.07, 6.45) is 8.83. The van der Waals surface area contributed by atoms with Crippen LogP contribution >= 0.6 is 0 Å². The van der Waals surface area contributed by atoms with Crippen molar-refractivity contribution in [2.75, 3.05) is 38.7 Å². The van der Waals surface area contributed by atoms with Crippen molar-refractivity contribution < 1.29 is 27.9 Å². The van der Waals surface area contributed by atoms with Gasteiger partial charge in [-0.1, -0.05) is 56.1 Å². The highest BCUT2D eigenvalue weighted by Crippen LogP contribution is 2.40. The first kappa shape index (κ1) is 31.7. The van der Waals surface area contributed by atoms with Crippen LogP contribution < -0.4 is 10.6 Å². The summed E-state index contributed by atoms with van der Waals surface area (Å²) in [6, 6.07) is 7.35. The summed E-state index contributed by atoms with van der Waals surface area (Å²) in [7, 11) is 1.41. The van der Waals surface area contributed by atoms with Gasteiger partial charge >= 0.3 is 0 Å². The number of halogens is 2. The molecule has 2 heterocycles. The van der Waals surface area contributed by atoms with E-state index < -0.39 is 24.4 Å². The number of nitrogens with zero attached hydrogens (tertiary/aromatic N) is 2.